The number of imidazole rings is 1. The van der Waals surface area contributed by atoms with Gasteiger partial charge < -0.3 is 9.88 Å². The third-order valence-electron chi connectivity index (χ3n) is 3.79. The lowest BCUT2D eigenvalue weighted by Gasteiger charge is -2.14. The summed E-state index contributed by atoms with van der Waals surface area (Å²) in [7, 11) is 0. The highest BCUT2D eigenvalue weighted by Crippen LogP contribution is 2.32. The Kier molecular flexibility index (Phi) is 6.77. The van der Waals surface area contributed by atoms with Crippen molar-refractivity contribution >= 4 is 46.6 Å². The Morgan fingerprint density at radius 2 is 1.72 bits per heavy atom. The fraction of sp³-hybridized carbons (Fsp3) is 0.158. The van der Waals surface area contributed by atoms with E-state index in [0.717, 1.165) is 16.3 Å². The van der Waals surface area contributed by atoms with E-state index in [1.165, 1.54) is 6.20 Å². The number of halogens is 5. The molecule has 4 nitrogen and oxygen atoms in total. The highest BCUT2D eigenvalue weighted by Gasteiger charge is 2.31. The number of aromatic nitrogens is 2. The molecule has 0 radical (unpaired) electrons. The first-order valence-electron chi connectivity index (χ1n) is 8.29. The van der Waals surface area contributed by atoms with Crippen LogP contribution >= 0.6 is 35.0 Å². The van der Waals surface area contributed by atoms with Crippen molar-refractivity contribution < 1.29 is 18.0 Å². The van der Waals surface area contributed by atoms with Crippen LogP contribution < -0.4 is 5.32 Å². The van der Waals surface area contributed by atoms with Gasteiger partial charge in [0, 0.05) is 0 Å². The van der Waals surface area contributed by atoms with E-state index >= 15 is 0 Å². The molecule has 0 aliphatic heterocycles. The molecule has 1 amide bonds. The van der Waals surface area contributed by atoms with Crippen LogP contribution in [0.1, 0.15) is 0 Å². The Labute approximate surface area is 179 Å². The minimum Gasteiger partial charge on any atom is -0.323 e. The van der Waals surface area contributed by atoms with E-state index in [4.69, 9.17) is 23.2 Å². The maximum Gasteiger partial charge on any atom is 0.406 e. The number of anilines is 1. The smallest absolute Gasteiger partial charge is 0.323 e. The summed E-state index contributed by atoms with van der Waals surface area (Å²) in [4.78, 5) is 16.3. The van der Waals surface area contributed by atoms with Crippen LogP contribution in [-0.2, 0) is 11.3 Å². The minimum atomic E-state index is -4.44. The molecule has 0 saturated carbocycles. The van der Waals surface area contributed by atoms with E-state index in [1.807, 2.05) is 0 Å². The minimum absolute atomic E-state index is 0.0848. The van der Waals surface area contributed by atoms with Gasteiger partial charge in [-0.15, -0.1) is 0 Å². The molecule has 29 heavy (non-hydrogen) atoms. The van der Waals surface area contributed by atoms with E-state index in [9.17, 15) is 18.0 Å². The number of thioether (sulfide) groups is 1. The van der Waals surface area contributed by atoms with Gasteiger partial charge in [0.25, 0.3) is 0 Å². The number of alkyl halides is 3. The summed E-state index contributed by atoms with van der Waals surface area (Å²) in [5.74, 6) is -0.627. The standard InChI is InChI=1S/C19H14Cl2F3N3OS/c20-13-7-4-8-14(21)17(13)26-16(28)10-29-18-25-9-15(12-5-2-1-3-6-12)27(18)11-19(22,23)24/h1-9H,10-11H2,(H,26,28). The topological polar surface area (TPSA) is 46.9 Å². The molecule has 1 aromatic heterocycles. The highest BCUT2D eigenvalue weighted by molar-refractivity contribution is 7.99. The number of para-hydroxylation sites is 1. The second-order valence-electron chi connectivity index (χ2n) is 5.93. The molecular weight excluding hydrogens is 446 g/mol. The van der Waals surface area contributed by atoms with E-state index in [-0.39, 0.29) is 26.6 Å². The monoisotopic (exact) mass is 459 g/mol. The highest BCUT2D eigenvalue weighted by atomic mass is 35.5. The van der Waals surface area contributed by atoms with Crippen LogP contribution in [-0.4, -0.2) is 27.4 Å². The van der Waals surface area contributed by atoms with Gasteiger partial charge in [-0.25, -0.2) is 4.98 Å². The first-order chi connectivity index (χ1) is 13.7. The molecule has 0 spiro atoms. The maximum atomic E-state index is 13.1. The van der Waals surface area contributed by atoms with Gasteiger partial charge in [0.1, 0.15) is 6.54 Å². The average Bonchev–Trinajstić information content (AvgIpc) is 3.04. The van der Waals surface area contributed by atoms with Crippen molar-refractivity contribution in [1.82, 2.24) is 9.55 Å². The largest absolute Gasteiger partial charge is 0.406 e. The number of nitrogens with one attached hydrogen (secondary N) is 1. The summed E-state index contributed by atoms with van der Waals surface area (Å²) in [6, 6.07) is 13.4. The van der Waals surface area contributed by atoms with Crippen molar-refractivity contribution in [2.45, 2.75) is 17.9 Å². The lowest BCUT2D eigenvalue weighted by molar-refractivity contribution is -0.141. The lowest BCUT2D eigenvalue weighted by Crippen LogP contribution is -2.20. The number of hydrogen-bond donors (Lipinski definition) is 1. The molecule has 0 fully saturated rings. The van der Waals surface area contributed by atoms with E-state index < -0.39 is 18.6 Å². The molecule has 0 bridgehead atoms. The van der Waals surface area contributed by atoms with Gasteiger partial charge in [-0.05, 0) is 17.7 Å². The molecule has 3 aromatic rings. The molecule has 152 valence electrons. The first kappa shape index (κ1) is 21.5. The Hall–Kier alpha value is -2.16. The molecule has 1 N–H and O–H groups in total. The Morgan fingerprint density at radius 1 is 1.07 bits per heavy atom. The number of carbonyl (C=O) groups is 1. The van der Waals surface area contributed by atoms with Gasteiger partial charge in [-0.2, -0.15) is 13.2 Å². The second kappa shape index (κ2) is 9.11. The van der Waals surface area contributed by atoms with Crippen LogP contribution in [0.4, 0.5) is 18.9 Å². The van der Waals surface area contributed by atoms with Crippen molar-refractivity contribution in [3.63, 3.8) is 0 Å². The molecule has 0 aliphatic carbocycles. The van der Waals surface area contributed by atoms with Gasteiger partial charge in [-0.3, -0.25) is 4.79 Å². The average molecular weight is 460 g/mol. The van der Waals surface area contributed by atoms with Crippen molar-refractivity contribution in [2.24, 2.45) is 0 Å². The molecule has 10 heteroatoms. The summed E-state index contributed by atoms with van der Waals surface area (Å²) < 4.78 is 40.4. The number of carbonyl (C=O) groups excluding carboxylic acids is 1. The Bertz CT molecular complexity index is 989. The second-order valence-corrected chi connectivity index (χ2v) is 7.68. The molecule has 0 unspecified atom stereocenters. The fourth-order valence-corrected chi connectivity index (χ4v) is 3.84. The molecule has 0 aliphatic rings. The van der Waals surface area contributed by atoms with Crippen LogP contribution in [0.25, 0.3) is 11.3 Å². The normalized spacial score (nSPS) is 11.5. The van der Waals surface area contributed by atoms with Crippen molar-refractivity contribution in [2.75, 3.05) is 11.1 Å². The number of hydrogen-bond acceptors (Lipinski definition) is 3. The molecular formula is C19H14Cl2F3N3OS. The molecule has 1 heterocycles. The van der Waals surface area contributed by atoms with Crippen molar-refractivity contribution in [1.29, 1.82) is 0 Å². The predicted molar refractivity (Wildman–Crippen MR) is 110 cm³/mol. The predicted octanol–water partition coefficient (Wildman–Crippen LogP) is 6.15. The van der Waals surface area contributed by atoms with Gasteiger partial charge in [-0.1, -0.05) is 71.4 Å². The fourth-order valence-electron chi connectivity index (χ4n) is 2.57. The SMILES string of the molecule is O=C(CSc1ncc(-c2ccccc2)n1CC(F)(F)F)Nc1c(Cl)cccc1Cl. The zero-order chi connectivity index (χ0) is 21.0. The third kappa shape index (κ3) is 5.68. The zero-order valence-corrected chi connectivity index (χ0v) is 17.0. The van der Waals surface area contributed by atoms with Gasteiger partial charge in [0.05, 0.1) is 33.4 Å². The lowest BCUT2D eigenvalue weighted by atomic mass is 10.2. The van der Waals surface area contributed by atoms with Crippen LogP contribution in [0, 0.1) is 0 Å². The quantitative estimate of drug-likeness (QED) is 0.449. The molecule has 2 aromatic carbocycles. The number of rotatable bonds is 6. The first-order valence-corrected chi connectivity index (χ1v) is 10.0. The van der Waals surface area contributed by atoms with Crippen LogP contribution in [0.15, 0.2) is 59.9 Å². The van der Waals surface area contributed by atoms with Crippen LogP contribution in [0.5, 0.6) is 0 Å². The van der Waals surface area contributed by atoms with E-state index in [0.29, 0.717) is 11.3 Å². The summed E-state index contributed by atoms with van der Waals surface area (Å²) in [6.45, 7) is -1.21. The van der Waals surface area contributed by atoms with Crippen LogP contribution in [0.2, 0.25) is 10.0 Å². The number of amides is 1. The molecule has 0 saturated heterocycles. The molecule has 0 atom stereocenters. The van der Waals surface area contributed by atoms with E-state index in [1.54, 1.807) is 48.5 Å². The number of nitrogens with zero attached hydrogens (tertiary/aromatic N) is 2. The van der Waals surface area contributed by atoms with Crippen molar-refractivity contribution in [3.8, 4) is 11.3 Å². The van der Waals surface area contributed by atoms with Gasteiger partial charge >= 0.3 is 6.18 Å². The number of benzene rings is 2. The summed E-state index contributed by atoms with van der Waals surface area (Å²) in [6.07, 6.45) is -3.07. The zero-order valence-electron chi connectivity index (χ0n) is 14.7. The van der Waals surface area contributed by atoms with Crippen molar-refractivity contribution in [3.05, 3.63) is 64.8 Å². The van der Waals surface area contributed by atoms with Gasteiger partial charge in [0.2, 0.25) is 5.91 Å². The third-order valence-corrected chi connectivity index (χ3v) is 5.41. The summed E-state index contributed by atoms with van der Waals surface area (Å²) in [5.41, 5.74) is 1.17. The van der Waals surface area contributed by atoms with E-state index in [2.05, 4.69) is 10.3 Å². The Morgan fingerprint density at radius 3 is 2.34 bits per heavy atom. The Balaban J connectivity index is 1.78. The summed E-state index contributed by atoms with van der Waals surface area (Å²) >= 11 is 12.9. The van der Waals surface area contributed by atoms with Crippen LogP contribution in [0.3, 0.4) is 0 Å². The maximum absolute atomic E-state index is 13.1. The summed E-state index contributed by atoms with van der Waals surface area (Å²) in [5, 5.41) is 3.19. The van der Waals surface area contributed by atoms with Gasteiger partial charge in [0.15, 0.2) is 5.16 Å². The molecule has 3 rings (SSSR count).